The smallest absolute Gasteiger partial charge is 0.213 e. The van der Waals surface area contributed by atoms with Gasteiger partial charge in [0.2, 0.25) is 5.88 Å². The van der Waals surface area contributed by atoms with Crippen LogP contribution in [0.2, 0.25) is 0 Å². The summed E-state index contributed by atoms with van der Waals surface area (Å²) in [6.07, 6.45) is 9.18. The van der Waals surface area contributed by atoms with E-state index in [4.69, 9.17) is 9.72 Å². The average molecular weight is 414 g/mol. The Morgan fingerprint density at radius 1 is 1.19 bits per heavy atom. The van der Waals surface area contributed by atoms with E-state index in [1.54, 1.807) is 32.3 Å². The molecule has 2 N–H and O–H groups in total. The monoisotopic (exact) mass is 414 g/mol. The molecule has 0 bridgehead atoms. The second-order valence-electron chi connectivity index (χ2n) is 8.13. The number of nitrogens with zero attached hydrogens (tertiary/aromatic N) is 5. The minimum atomic E-state index is -0.918. The van der Waals surface area contributed by atoms with Gasteiger partial charge >= 0.3 is 0 Å². The molecule has 0 unspecified atom stereocenters. The number of anilines is 2. The van der Waals surface area contributed by atoms with Gasteiger partial charge in [-0.1, -0.05) is 12.1 Å². The lowest BCUT2D eigenvalue weighted by Gasteiger charge is -2.17. The number of aromatic nitrogens is 4. The van der Waals surface area contributed by atoms with Crippen molar-refractivity contribution in [3.05, 3.63) is 66.2 Å². The van der Waals surface area contributed by atoms with Gasteiger partial charge in [0.15, 0.2) is 11.5 Å². The van der Waals surface area contributed by atoms with E-state index in [2.05, 4.69) is 38.5 Å². The summed E-state index contributed by atoms with van der Waals surface area (Å²) in [5, 5.41) is 13.1. The second-order valence-corrected chi connectivity index (χ2v) is 8.13. The summed E-state index contributed by atoms with van der Waals surface area (Å²) in [6.45, 7) is 4.24. The van der Waals surface area contributed by atoms with Crippen molar-refractivity contribution >= 4 is 23.4 Å². The van der Waals surface area contributed by atoms with Crippen LogP contribution >= 0.6 is 0 Å². The SMILES string of the molecule is CC(C)(O)COc1ccc(Nc2nc(-c3ccc4c(c3)CN=C4)cn3ccnc23)cn1. The normalized spacial score (nSPS) is 12.9. The van der Waals surface area contributed by atoms with Crippen LogP contribution in [0.1, 0.15) is 25.0 Å². The summed E-state index contributed by atoms with van der Waals surface area (Å²) in [7, 11) is 0. The third kappa shape index (κ3) is 4.10. The van der Waals surface area contributed by atoms with E-state index in [-0.39, 0.29) is 6.61 Å². The van der Waals surface area contributed by atoms with Crippen LogP contribution in [0.3, 0.4) is 0 Å². The van der Waals surface area contributed by atoms with Gasteiger partial charge in [0.05, 0.1) is 29.7 Å². The van der Waals surface area contributed by atoms with Gasteiger partial charge in [0.1, 0.15) is 6.61 Å². The summed E-state index contributed by atoms with van der Waals surface area (Å²) in [6, 6.07) is 9.87. The van der Waals surface area contributed by atoms with Crippen LogP contribution in [0.5, 0.6) is 5.88 Å². The highest BCUT2D eigenvalue weighted by Crippen LogP contribution is 2.27. The van der Waals surface area contributed by atoms with Crippen molar-refractivity contribution in [3.8, 4) is 17.1 Å². The number of hydrogen-bond donors (Lipinski definition) is 2. The Morgan fingerprint density at radius 2 is 2.10 bits per heavy atom. The van der Waals surface area contributed by atoms with Crippen molar-refractivity contribution in [1.29, 1.82) is 0 Å². The van der Waals surface area contributed by atoms with Crippen molar-refractivity contribution in [3.63, 3.8) is 0 Å². The van der Waals surface area contributed by atoms with Crippen LogP contribution in [-0.4, -0.2) is 42.9 Å². The number of aliphatic imine (C=N–C) groups is 1. The number of pyridine rings is 1. The Labute approximate surface area is 179 Å². The van der Waals surface area contributed by atoms with Gasteiger partial charge in [0, 0.05) is 36.4 Å². The summed E-state index contributed by atoms with van der Waals surface area (Å²) in [5.41, 5.74) is 4.77. The highest BCUT2D eigenvalue weighted by Gasteiger charge is 2.15. The first-order chi connectivity index (χ1) is 14.9. The molecule has 0 spiro atoms. The first-order valence-electron chi connectivity index (χ1n) is 10.00. The molecule has 1 aromatic carbocycles. The molecule has 3 aromatic heterocycles. The lowest BCUT2D eigenvalue weighted by Crippen LogP contribution is -2.28. The number of imidazole rings is 1. The fourth-order valence-electron chi connectivity index (χ4n) is 3.35. The topological polar surface area (TPSA) is 96.9 Å². The average Bonchev–Trinajstić information content (AvgIpc) is 3.41. The molecule has 5 rings (SSSR count). The number of benzene rings is 1. The first kappa shape index (κ1) is 19.2. The lowest BCUT2D eigenvalue weighted by molar-refractivity contribution is 0.0268. The summed E-state index contributed by atoms with van der Waals surface area (Å²) in [5.74, 6) is 1.08. The quantitative estimate of drug-likeness (QED) is 0.500. The first-order valence-corrected chi connectivity index (χ1v) is 10.00. The standard InChI is InChI=1S/C23H22N6O2/c1-23(2,30)14-31-20-6-5-18(12-26-20)27-21-22-25-7-8-29(22)13-19(28-21)15-3-4-16-10-24-11-17(16)9-15/h3-10,12-13,30H,11,14H2,1-2H3,(H,27,28). The maximum absolute atomic E-state index is 9.79. The van der Waals surface area contributed by atoms with Crippen LogP contribution in [0.15, 0.2) is 60.1 Å². The van der Waals surface area contributed by atoms with Crippen molar-refractivity contribution in [2.75, 3.05) is 11.9 Å². The predicted molar refractivity (Wildman–Crippen MR) is 119 cm³/mol. The van der Waals surface area contributed by atoms with E-state index in [1.807, 2.05) is 29.1 Å². The molecule has 1 aliphatic rings. The Balaban J connectivity index is 1.43. The molecule has 1 aliphatic heterocycles. The van der Waals surface area contributed by atoms with Crippen molar-refractivity contribution in [1.82, 2.24) is 19.4 Å². The van der Waals surface area contributed by atoms with Gasteiger partial charge in [-0.2, -0.15) is 0 Å². The molecular weight excluding hydrogens is 392 g/mol. The van der Waals surface area contributed by atoms with E-state index in [0.29, 0.717) is 18.2 Å². The van der Waals surface area contributed by atoms with Gasteiger partial charge in [0.25, 0.3) is 0 Å². The van der Waals surface area contributed by atoms with E-state index >= 15 is 0 Å². The highest BCUT2D eigenvalue weighted by atomic mass is 16.5. The molecule has 0 aliphatic carbocycles. The van der Waals surface area contributed by atoms with Gasteiger partial charge in [-0.25, -0.2) is 15.0 Å². The zero-order valence-corrected chi connectivity index (χ0v) is 17.3. The molecule has 8 nitrogen and oxygen atoms in total. The van der Waals surface area contributed by atoms with E-state index < -0.39 is 5.60 Å². The van der Waals surface area contributed by atoms with Crippen molar-refractivity contribution < 1.29 is 9.84 Å². The van der Waals surface area contributed by atoms with Gasteiger partial charge in [-0.15, -0.1) is 0 Å². The Kier molecular flexibility index (Phi) is 4.63. The van der Waals surface area contributed by atoms with Crippen LogP contribution < -0.4 is 10.1 Å². The minimum absolute atomic E-state index is 0.164. The highest BCUT2D eigenvalue weighted by molar-refractivity contribution is 5.86. The molecule has 156 valence electrons. The van der Waals surface area contributed by atoms with E-state index in [9.17, 15) is 5.11 Å². The summed E-state index contributed by atoms with van der Waals surface area (Å²) < 4.78 is 7.46. The molecule has 0 saturated heterocycles. The fraction of sp³-hybridized carbons (Fsp3) is 0.217. The zero-order valence-electron chi connectivity index (χ0n) is 17.3. The van der Waals surface area contributed by atoms with Gasteiger partial charge in [-0.05, 0) is 37.1 Å². The molecule has 8 heteroatoms. The predicted octanol–water partition coefficient (Wildman–Crippen LogP) is 3.62. The molecule has 0 saturated carbocycles. The van der Waals surface area contributed by atoms with Crippen LogP contribution in [-0.2, 0) is 6.54 Å². The van der Waals surface area contributed by atoms with Crippen molar-refractivity contribution in [2.24, 2.45) is 4.99 Å². The summed E-state index contributed by atoms with van der Waals surface area (Å²) >= 11 is 0. The number of ether oxygens (including phenoxy) is 1. The number of rotatable bonds is 6. The van der Waals surface area contributed by atoms with Gasteiger partial charge in [-0.3, -0.25) is 4.99 Å². The Morgan fingerprint density at radius 3 is 2.90 bits per heavy atom. The number of fused-ring (bicyclic) bond motifs is 2. The second kappa shape index (κ2) is 7.48. The molecule has 0 radical (unpaired) electrons. The van der Waals surface area contributed by atoms with Crippen LogP contribution in [0.25, 0.3) is 16.9 Å². The molecule has 31 heavy (non-hydrogen) atoms. The Bertz CT molecular complexity index is 1270. The van der Waals surface area contributed by atoms with E-state index in [0.717, 1.165) is 28.2 Å². The lowest BCUT2D eigenvalue weighted by atomic mass is 10.0. The molecule has 0 amide bonds. The fourth-order valence-corrected chi connectivity index (χ4v) is 3.35. The number of aliphatic hydroxyl groups is 1. The summed E-state index contributed by atoms with van der Waals surface area (Å²) in [4.78, 5) is 17.9. The van der Waals surface area contributed by atoms with E-state index in [1.165, 1.54) is 5.56 Å². The van der Waals surface area contributed by atoms with Crippen LogP contribution in [0.4, 0.5) is 11.5 Å². The largest absolute Gasteiger partial charge is 0.475 e. The van der Waals surface area contributed by atoms with Crippen LogP contribution in [0, 0.1) is 0 Å². The van der Waals surface area contributed by atoms with Crippen molar-refractivity contribution in [2.45, 2.75) is 26.0 Å². The minimum Gasteiger partial charge on any atom is -0.475 e. The molecular formula is C23H22N6O2. The molecule has 0 fully saturated rings. The third-order valence-electron chi connectivity index (χ3n) is 4.88. The maximum atomic E-state index is 9.79. The number of hydrogen-bond acceptors (Lipinski definition) is 7. The molecule has 0 atom stereocenters. The third-order valence-corrected chi connectivity index (χ3v) is 4.88. The Hall–Kier alpha value is -3.78. The van der Waals surface area contributed by atoms with Gasteiger partial charge < -0.3 is 19.6 Å². The molecule has 4 heterocycles. The molecule has 4 aromatic rings. The maximum Gasteiger partial charge on any atom is 0.213 e. The number of nitrogens with one attached hydrogen (secondary N) is 1. The zero-order chi connectivity index (χ0) is 21.4.